The van der Waals surface area contributed by atoms with Crippen LogP contribution in [0, 0.1) is 0 Å². The van der Waals surface area contributed by atoms with Crippen molar-refractivity contribution >= 4 is 39.1 Å². The fraction of sp³-hybridized carbons (Fsp3) is 0.167. The predicted molar refractivity (Wildman–Crippen MR) is 80.3 cm³/mol. The molecule has 21 heavy (non-hydrogen) atoms. The Morgan fingerprint density at radius 2 is 2.05 bits per heavy atom. The SMILES string of the molecule is CNS(=O)(=O)c1ccc(Sc2nc(CC(=O)O)cs2)cc1. The van der Waals surface area contributed by atoms with Gasteiger partial charge in [0.2, 0.25) is 10.0 Å². The molecule has 2 N–H and O–H groups in total. The van der Waals surface area contributed by atoms with Gasteiger partial charge in [-0.15, -0.1) is 11.3 Å². The molecule has 0 saturated heterocycles. The first-order valence-electron chi connectivity index (χ1n) is 5.78. The van der Waals surface area contributed by atoms with Gasteiger partial charge in [-0.1, -0.05) is 11.8 Å². The van der Waals surface area contributed by atoms with Gasteiger partial charge < -0.3 is 5.11 Å². The molecule has 0 fully saturated rings. The Kier molecular flexibility index (Phi) is 4.99. The molecule has 2 aromatic rings. The molecule has 0 aliphatic carbocycles. The highest BCUT2D eigenvalue weighted by molar-refractivity contribution is 8.01. The molecule has 0 radical (unpaired) electrons. The van der Waals surface area contributed by atoms with E-state index in [0.717, 1.165) is 9.24 Å². The van der Waals surface area contributed by atoms with E-state index in [4.69, 9.17) is 5.11 Å². The van der Waals surface area contributed by atoms with Gasteiger partial charge in [0, 0.05) is 10.3 Å². The van der Waals surface area contributed by atoms with Gasteiger partial charge in [0.1, 0.15) is 0 Å². The van der Waals surface area contributed by atoms with E-state index in [1.807, 2.05) is 0 Å². The molecule has 1 heterocycles. The topological polar surface area (TPSA) is 96.4 Å². The fourth-order valence-corrected chi connectivity index (χ4v) is 4.01. The van der Waals surface area contributed by atoms with Crippen LogP contribution in [-0.2, 0) is 21.2 Å². The first-order chi connectivity index (χ1) is 9.90. The van der Waals surface area contributed by atoms with Gasteiger partial charge in [-0.05, 0) is 31.3 Å². The van der Waals surface area contributed by atoms with Crippen molar-refractivity contribution in [1.82, 2.24) is 9.71 Å². The maximum absolute atomic E-state index is 11.6. The van der Waals surface area contributed by atoms with Crippen molar-refractivity contribution in [3.8, 4) is 0 Å². The molecular weight excluding hydrogens is 332 g/mol. The highest BCUT2D eigenvalue weighted by Gasteiger charge is 2.11. The second-order valence-corrected chi connectivity index (χ2v) is 8.02. The summed E-state index contributed by atoms with van der Waals surface area (Å²) in [5.41, 5.74) is 0.518. The van der Waals surface area contributed by atoms with E-state index >= 15 is 0 Å². The number of benzene rings is 1. The number of thiazole rings is 1. The van der Waals surface area contributed by atoms with E-state index in [1.165, 1.54) is 42.3 Å². The van der Waals surface area contributed by atoms with Gasteiger partial charge in [0.05, 0.1) is 17.0 Å². The Bertz CT molecular complexity index is 738. The van der Waals surface area contributed by atoms with Crippen LogP contribution in [0.15, 0.2) is 43.8 Å². The number of carboxylic acid groups (broad SMARTS) is 1. The summed E-state index contributed by atoms with van der Waals surface area (Å²) < 4.78 is 26.2. The van der Waals surface area contributed by atoms with E-state index < -0.39 is 16.0 Å². The lowest BCUT2D eigenvalue weighted by Gasteiger charge is -2.03. The van der Waals surface area contributed by atoms with Crippen LogP contribution in [0.2, 0.25) is 0 Å². The Morgan fingerprint density at radius 3 is 2.62 bits per heavy atom. The summed E-state index contributed by atoms with van der Waals surface area (Å²) in [6, 6.07) is 6.40. The van der Waals surface area contributed by atoms with Crippen molar-refractivity contribution in [2.75, 3.05) is 7.05 Å². The normalized spacial score (nSPS) is 11.5. The third-order valence-electron chi connectivity index (χ3n) is 2.47. The summed E-state index contributed by atoms with van der Waals surface area (Å²) in [5.74, 6) is -0.918. The maximum Gasteiger partial charge on any atom is 0.309 e. The van der Waals surface area contributed by atoms with E-state index in [9.17, 15) is 13.2 Å². The lowest BCUT2D eigenvalue weighted by Crippen LogP contribution is -2.18. The maximum atomic E-state index is 11.6. The first-order valence-corrected chi connectivity index (χ1v) is 8.96. The summed E-state index contributed by atoms with van der Waals surface area (Å²) in [6.07, 6.45) is -0.101. The summed E-state index contributed by atoms with van der Waals surface area (Å²) >= 11 is 2.72. The lowest BCUT2D eigenvalue weighted by molar-refractivity contribution is -0.136. The van der Waals surface area contributed by atoms with E-state index in [2.05, 4.69) is 9.71 Å². The number of hydrogen-bond donors (Lipinski definition) is 2. The molecule has 0 bridgehead atoms. The van der Waals surface area contributed by atoms with E-state index in [1.54, 1.807) is 17.5 Å². The van der Waals surface area contributed by atoms with Gasteiger partial charge in [0.15, 0.2) is 4.34 Å². The first kappa shape index (κ1) is 16.0. The van der Waals surface area contributed by atoms with Gasteiger partial charge in [-0.25, -0.2) is 18.1 Å². The van der Waals surface area contributed by atoms with Crippen molar-refractivity contribution in [1.29, 1.82) is 0 Å². The summed E-state index contributed by atoms with van der Waals surface area (Å²) in [7, 11) is -2.08. The van der Waals surface area contributed by atoms with Crippen molar-refractivity contribution in [2.24, 2.45) is 0 Å². The van der Waals surface area contributed by atoms with Crippen LogP contribution in [0.25, 0.3) is 0 Å². The number of aliphatic carboxylic acids is 1. The zero-order valence-electron chi connectivity index (χ0n) is 10.9. The Labute approximate surface area is 130 Å². The third kappa shape index (κ3) is 4.27. The molecule has 0 aliphatic heterocycles. The molecular formula is C12H12N2O4S3. The number of rotatable bonds is 6. The van der Waals surface area contributed by atoms with Crippen LogP contribution in [0.3, 0.4) is 0 Å². The Balaban J connectivity index is 2.10. The summed E-state index contributed by atoms with van der Waals surface area (Å²) in [4.78, 5) is 15.8. The molecule has 0 saturated carbocycles. The standard InChI is InChI=1S/C12H12N2O4S3/c1-13-21(17,18)10-4-2-9(3-5-10)20-12-14-8(7-19-12)6-11(15)16/h2-5,7,13H,6H2,1H3,(H,15,16). The average Bonchev–Trinajstić information content (AvgIpc) is 2.85. The average molecular weight is 344 g/mol. The number of carboxylic acids is 1. The van der Waals surface area contributed by atoms with Gasteiger partial charge >= 0.3 is 5.97 Å². The molecule has 0 unspecified atom stereocenters. The minimum atomic E-state index is -3.43. The Morgan fingerprint density at radius 1 is 1.38 bits per heavy atom. The second kappa shape index (κ2) is 6.56. The molecule has 9 heteroatoms. The predicted octanol–water partition coefficient (Wildman–Crippen LogP) is 1.83. The van der Waals surface area contributed by atoms with Crippen molar-refractivity contribution in [3.63, 3.8) is 0 Å². The number of nitrogens with one attached hydrogen (secondary N) is 1. The summed E-state index contributed by atoms with van der Waals surface area (Å²) in [5, 5.41) is 10.4. The third-order valence-corrected chi connectivity index (χ3v) is 5.90. The smallest absolute Gasteiger partial charge is 0.309 e. The number of nitrogens with zero attached hydrogens (tertiary/aromatic N) is 1. The molecule has 1 aromatic heterocycles. The molecule has 0 amide bonds. The molecule has 112 valence electrons. The highest BCUT2D eigenvalue weighted by Crippen LogP contribution is 2.31. The van der Waals surface area contributed by atoms with E-state index in [0.29, 0.717) is 5.69 Å². The van der Waals surface area contributed by atoms with Crippen molar-refractivity contribution in [3.05, 3.63) is 35.3 Å². The second-order valence-electron chi connectivity index (χ2n) is 3.96. The number of hydrogen-bond acceptors (Lipinski definition) is 6. The lowest BCUT2D eigenvalue weighted by atomic mass is 10.3. The minimum Gasteiger partial charge on any atom is -0.481 e. The van der Waals surface area contributed by atoms with Crippen LogP contribution in [0.1, 0.15) is 5.69 Å². The molecule has 0 aliphatic rings. The number of carbonyl (C=O) groups is 1. The van der Waals surface area contributed by atoms with Crippen LogP contribution < -0.4 is 4.72 Å². The molecule has 2 rings (SSSR count). The van der Waals surface area contributed by atoms with Crippen LogP contribution in [0.5, 0.6) is 0 Å². The van der Waals surface area contributed by atoms with Crippen LogP contribution in [-0.4, -0.2) is 31.5 Å². The summed E-state index contributed by atoms with van der Waals surface area (Å²) in [6.45, 7) is 0. The van der Waals surface area contributed by atoms with Gasteiger partial charge in [-0.3, -0.25) is 4.79 Å². The van der Waals surface area contributed by atoms with Crippen LogP contribution >= 0.6 is 23.1 Å². The Hall–Kier alpha value is -1.42. The number of aromatic nitrogens is 1. The molecule has 0 spiro atoms. The van der Waals surface area contributed by atoms with Crippen molar-refractivity contribution in [2.45, 2.75) is 20.6 Å². The highest BCUT2D eigenvalue weighted by atomic mass is 32.2. The molecule has 0 atom stereocenters. The fourth-order valence-electron chi connectivity index (χ4n) is 1.48. The van der Waals surface area contributed by atoms with Crippen LogP contribution in [0.4, 0.5) is 0 Å². The monoisotopic (exact) mass is 344 g/mol. The van der Waals surface area contributed by atoms with Gasteiger partial charge in [0.25, 0.3) is 0 Å². The zero-order valence-corrected chi connectivity index (χ0v) is 13.4. The van der Waals surface area contributed by atoms with E-state index in [-0.39, 0.29) is 11.3 Å². The molecule has 1 aromatic carbocycles. The molecule has 6 nitrogen and oxygen atoms in total. The largest absolute Gasteiger partial charge is 0.481 e. The van der Waals surface area contributed by atoms with Crippen molar-refractivity contribution < 1.29 is 18.3 Å². The quantitative estimate of drug-likeness (QED) is 0.830. The van der Waals surface area contributed by atoms with Gasteiger partial charge in [-0.2, -0.15) is 0 Å². The zero-order chi connectivity index (χ0) is 15.5. The minimum absolute atomic E-state index is 0.101. The number of sulfonamides is 1.